The number of carbonyl (C=O) groups excluding carboxylic acids is 1. The van der Waals surface area contributed by atoms with Gasteiger partial charge in [-0.05, 0) is 6.20 Å². The zero-order chi connectivity index (χ0) is 11.4. The number of esters is 1. The van der Waals surface area contributed by atoms with Gasteiger partial charge in [-0.25, -0.2) is 0 Å². The molecule has 1 aliphatic carbocycles. The van der Waals surface area contributed by atoms with E-state index < -0.39 is 0 Å². The van der Waals surface area contributed by atoms with Gasteiger partial charge >= 0.3 is 5.97 Å². The molecule has 3 nitrogen and oxygen atoms in total. The van der Waals surface area contributed by atoms with Gasteiger partial charge in [0.1, 0.15) is 11.9 Å². The summed E-state index contributed by atoms with van der Waals surface area (Å²) < 4.78 is 5.37. The third-order valence-corrected chi connectivity index (χ3v) is 3.02. The maximum atomic E-state index is 11.3. The zero-order valence-electron chi connectivity index (χ0n) is 8.84. The first-order chi connectivity index (χ1) is 7.81. The number of carbonyl (C=O) groups is 1. The minimum atomic E-state index is -0.308. The van der Waals surface area contributed by atoms with Crippen LogP contribution in [-0.2, 0) is 9.53 Å². The molecular weight excluding hydrogens is 222 g/mol. The molecule has 0 bridgehead atoms. The van der Waals surface area contributed by atoms with Crippen LogP contribution in [0.25, 0.3) is 0 Å². The molecule has 2 aliphatic rings. The van der Waals surface area contributed by atoms with Crippen molar-refractivity contribution in [2.45, 2.75) is 18.6 Å². The number of hydrogen-bond acceptors (Lipinski definition) is 3. The molecule has 1 aliphatic heterocycles. The highest BCUT2D eigenvalue weighted by Gasteiger charge is 2.30. The summed E-state index contributed by atoms with van der Waals surface area (Å²) in [6.45, 7) is 0. The lowest BCUT2D eigenvalue weighted by molar-refractivity contribution is -0.147. The molecule has 16 heavy (non-hydrogen) atoms. The van der Waals surface area contributed by atoms with Crippen LogP contribution in [0.1, 0.15) is 6.42 Å². The molecule has 0 saturated heterocycles. The van der Waals surface area contributed by atoms with Crippen LogP contribution in [-0.4, -0.2) is 23.9 Å². The minimum Gasteiger partial charge on any atom is -0.461 e. The van der Waals surface area contributed by atoms with Crippen molar-refractivity contribution in [3.05, 3.63) is 36.6 Å². The lowest BCUT2D eigenvalue weighted by Crippen LogP contribution is -2.38. The Kier molecular flexibility index (Phi) is 3.72. The normalized spacial score (nSPS) is 31.4. The van der Waals surface area contributed by atoms with Crippen molar-refractivity contribution in [3.63, 3.8) is 0 Å². The molecule has 1 heterocycles. The summed E-state index contributed by atoms with van der Waals surface area (Å²) in [6.07, 6.45) is 12.7. The fourth-order valence-electron chi connectivity index (χ4n) is 2.01. The topological polar surface area (TPSA) is 38.3 Å². The summed E-state index contributed by atoms with van der Waals surface area (Å²) in [5.74, 6) is -0.104. The Labute approximate surface area is 101 Å². The van der Waals surface area contributed by atoms with E-state index in [2.05, 4.69) is 30.1 Å². The van der Waals surface area contributed by atoms with Gasteiger partial charge in [-0.1, -0.05) is 43.0 Å². The van der Waals surface area contributed by atoms with E-state index in [1.54, 1.807) is 0 Å². The van der Waals surface area contributed by atoms with Crippen molar-refractivity contribution in [1.29, 1.82) is 0 Å². The van der Waals surface area contributed by atoms with Crippen LogP contribution >= 0.6 is 12.6 Å². The minimum absolute atomic E-state index is 0.0184. The molecular formula is C12H14NO2S. The van der Waals surface area contributed by atoms with E-state index in [0.29, 0.717) is 0 Å². The van der Waals surface area contributed by atoms with Gasteiger partial charge in [0.05, 0.1) is 6.04 Å². The van der Waals surface area contributed by atoms with Crippen LogP contribution < -0.4 is 5.32 Å². The Hall–Kier alpha value is -1.16. The quantitative estimate of drug-likeness (QED) is 0.742. The summed E-state index contributed by atoms with van der Waals surface area (Å²) in [5, 5.41) is 3.27. The molecule has 0 aromatic carbocycles. The van der Waals surface area contributed by atoms with E-state index >= 15 is 0 Å². The van der Waals surface area contributed by atoms with E-state index in [1.165, 1.54) is 0 Å². The maximum Gasteiger partial charge on any atom is 0.317 e. The third-order valence-electron chi connectivity index (χ3n) is 2.78. The van der Waals surface area contributed by atoms with Gasteiger partial charge in [0.15, 0.2) is 0 Å². The van der Waals surface area contributed by atoms with Gasteiger partial charge in [-0.3, -0.25) is 4.79 Å². The van der Waals surface area contributed by atoms with Crippen molar-refractivity contribution >= 4 is 18.6 Å². The number of hydrogen-bond donors (Lipinski definition) is 1. The predicted molar refractivity (Wildman–Crippen MR) is 64.8 cm³/mol. The summed E-state index contributed by atoms with van der Waals surface area (Å²) in [5.41, 5.74) is 0. The molecule has 4 heteroatoms. The molecule has 85 valence electrons. The molecule has 2 rings (SSSR count). The molecule has 0 spiro atoms. The van der Waals surface area contributed by atoms with Gasteiger partial charge in [-0.2, -0.15) is 0 Å². The maximum absolute atomic E-state index is 11.3. The predicted octanol–water partition coefficient (Wildman–Crippen LogP) is 1.71. The van der Waals surface area contributed by atoms with Crippen LogP contribution in [0, 0.1) is 5.92 Å². The second-order valence-electron chi connectivity index (χ2n) is 3.85. The summed E-state index contributed by atoms with van der Waals surface area (Å²) in [6, 6.07) is 0.201. The fraction of sp³-hybridized carbons (Fsp3) is 0.417. The number of rotatable bonds is 2. The van der Waals surface area contributed by atoms with E-state index in [4.69, 9.17) is 4.74 Å². The molecule has 1 radical (unpaired) electrons. The standard InChI is InChI=1S/C12H14NO2S/c14-12(8-16)15-11-6-3-7-13-10-5-2-1-4-9(10)11/h1-5,7,9-11,13H,6,8H2. The lowest BCUT2D eigenvalue weighted by Gasteiger charge is -2.29. The second-order valence-corrected chi connectivity index (χ2v) is 4.14. The third kappa shape index (κ3) is 2.50. The number of ether oxygens (including phenoxy) is 1. The zero-order valence-corrected chi connectivity index (χ0v) is 9.65. The van der Waals surface area contributed by atoms with Crippen molar-refractivity contribution in [3.8, 4) is 0 Å². The lowest BCUT2D eigenvalue weighted by atomic mass is 9.89. The number of nitrogens with one attached hydrogen (secondary N) is 1. The summed E-state index contributed by atoms with van der Waals surface area (Å²) in [7, 11) is 0. The van der Waals surface area contributed by atoms with Crippen LogP contribution in [0.4, 0.5) is 0 Å². The van der Waals surface area contributed by atoms with Gasteiger partial charge in [0.25, 0.3) is 0 Å². The van der Waals surface area contributed by atoms with Gasteiger partial charge in [0.2, 0.25) is 0 Å². The molecule has 0 fully saturated rings. The molecule has 0 saturated carbocycles. The van der Waals surface area contributed by atoms with Crippen LogP contribution in [0.2, 0.25) is 0 Å². The van der Waals surface area contributed by atoms with Crippen molar-refractivity contribution in [2.24, 2.45) is 5.92 Å². The molecule has 3 unspecified atom stereocenters. The molecule has 1 N–H and O–H groups in total. The Morgan fingerprint density at radius 3 is 3.06 bits per heavy atom. The molecule has 3 atom stereocenters. The van der Waals surface area contributed by atoms with E-state index in [1.807, 2.05) is 24.4 Å². The van der Waals surface area contributed by atoms with Gasteiger partial charge in [0, 0.05) is 12.3 Å². The Balaban J connectivity index is 2.10. The van der Waals surface area contributed by atoms with Gasteiger partial charge < -0.3 is 10.1 Å². The first-order valence-electron chi connectivity index (χ1n) is 5.35. The highest BCUT2D eigenvalue weighted by atomic mass is 32.1. The molecule has 0 amide bonds. The van der Waals surface area contributed by atoms with Crippen molar-refractivity contribution in [1.82, 2.24) is 5.32 Å². The Morgan fingerprint density at radius 2 is 2.25 bits per heavy atom. The van der Waals surface area contributed by atoms with Crippen LogP contribution in [0.15, 0.2) is 36.6 Å². The Morgan fingerprint density at radius 1 is 1.44 bits per heavy atom. The average Bonchev–Trinajstić information content (AvgIpc) is 2.52. The largest absolute Gasteiger partial charge is 0.461 e. The van der Waals surface area contributed by atoms with E-state index in [-0.39, 0.29) is 29.8 Å². The first kappa shape index (κ1) is 11.3. The summed E-state index contributed by atoms with van der Waals surface area (Å²) in [4.78, 5) is 11.3. The average molecular weight is 236 g/mol. The number of allylic oxidation sites excluding steroid dienone is 2. The highest BCUT2D eigenvalue weighted by molar-refractivity contribution is 7.81. The second kappa shape index (κ2) is 5.25. The molecule has 0 aromatic rings. The van der Waals surface area contributed by atoms with Crippen molar-refractivity contribution in [2.75, 3.05) is 5.75 Å². The monoisotopic (exact) mass is 236 g/mol. The number of fused-ring (bicyclic) bond motifs is 1. The van der Waals surface area contributed by atoms with Gasteiger partial charge in [-0.15, -0.1) is 0 Å². The van der Waals surface area contributed by atoms with Crippen LogP contribution in [0.5, 0.6) is 0 Å². The van der Waals surface area contributed by atoms with Crippen molar-refractivity contribution < 1.29 is 9.53 Å². The highest BCUT2D eigenvalue weighted by Crippen LogP contribution is 2.24. The van der Waals surface area contributed by atoms with Crippen LogP contribution in [0.3, 0.4) is 0 Å². The first-order valence-corrected chi connectivity index (χ1v) is 5.92. The molecule has 0 aromatic heterocycles. The smallest absolute Gasteiger partial charge is 0.317 e. The fourth-order valence-corrected chi connectivity index (χ4v) is 2.08. The SMILES string of the molecule is O=C(C[S])OC1CC=CNC2C=CC=CC21. The summed E-state index contributed by atoms with van der Waals surface area (Å²) >= 11 is 4.68. The van der Waals surface area contributed by atoms with E-state index in [0.717, 1.165) is 6.42 Å². The van der Waals surface area contributed by atoms with E-state index in [9.17, 15) is 4.79 Å². The Bertz CT molecular complexity index is 349.